The molecule has 0 heterocycles. The van der Waals surface area contributed by atoms with Crippen molar-refractivity contribution in [1.29, 1.82) is 5.26 Å². The second-order valence-corrected chi connectivity index (χ2v) is 5.97. The Hall–Kier alpha value is -2.84. The molecule has 1 aliphatic rings. The van der Waals surface area contributed by atoms with Crippen molar-refractivity contribution in [3.63, 3.8) is 0 Å². The molecule has 0 bridgehead atoms. The lowest BCUT2D eigenvalue weighted by Crippen LogP contribution is -2.30. The number of benzene rings is 2. The highest BCUT2D eigenvalue weighted by Crippen LogP contribution is 2.41. The molecule has 2 aromatic carbocycles. The van der Waals surface area contributed by atoms with Crippen molar-refractivity contribution < 1.29 is 9.53 Å². The Morgan fingerprint density at radius 2 is 2.08 bits per heavy atom. The molecule has 0 spiro atoms. The summed E-state index contributed by atoms with van der Waals surface area (Å²) in [6.45, 7) is 0.658. The molecule has 1 saturated carbocycles. The van der Waals surface area contributed by atoms with Crippen LogP contribution in [0.2, 0.25) is 0 Å². The normalized spacial score (nSPS) is 18.6. The van der Waals surface area contributed by atoms with Gasteiger partial charge in [0.2, 0.25) is 5.91 Å². The van der Waals surface area contributed by atoms with E-state index in [2.05, 4.69) is 23.5 Å². The maximum absolute atomic E-state index is 10.8. The maximum atomic E-state index is 10.8. The Labute approximate surface area is 141 Å². The number of amides is 1. The van der Waals surface area contributed by atoms with Gasteiger partial charge in [0.05, 0.1) is 18.2 Å². The van der Waals surface area contributed by atoms with Crippen LogP contribution in [0.5, 0.6) is 5.75 Å². The predicted molar refractivity (Wildman–Crippen MR) is 90.3 cm³/mol. The minimum absolute atomic E-state index is 0.226. The van der Waals surface area contributed by atoms with Gasteiger partial charge in [-0.3, -0.25) is 4.79 Å². The summed E-state index contributed by atoms with van der Waals surface area (Å²) in [5.74, 6) is 0.902. The monoisotopic (exact) mass is 321 g/mol. The van der Waals surface area contributed by atoms with Crippen LogP contribution in [0.4, 0.5) is 0 Å². The van der Waals surface area contributed by atoms with Crippen molar-refractivity contribution in [3.05, 3.63) is 65.2 Å². The summed E-state index contributed by atoms with van der Waals surface area (Å²) in [4.78, 5) is 10.8. The molecule has 0 aliphatic heterocycles. The molecule has 2 atom stereocenters. The van der Waals surface area contributed by atoms with E-state index < -0.39 is 0 Å². The third kappa shape index (κ3) is 4.12. The van der Waals surface area contributed by atoms with Crippen molar-refractivity contribution in [2.24, 2.45) is 5.73 Å². The zero-order valence-corrected chi connectivity index (χ0v) is 13.2. The molecule has 24 heavy (non-hydrogen) atoms. The number of ether oxygens (including phenoxy) is 1. The van der Waals surface area contributed by atoms with Gasteiger partial charge in [-0.25, -0.2) is 0 Å². The Morgan fingerprint density at radius 1 is 1.29 bits per heavy atom. The number of nitriles is 1. The van der Waals surface area contributed by atoms with Gasteiger partial charge >= 0.3 is 0 Å². The first-order valence-corrected chi connectivity index (χ1v) is 7.89. The van der Waals surface area contributed by atoms with Gasteiger partial charge in [-0.2, -0.15) is 5.26 Å². The predicted octanol–water partition coefficient (Wildman–Crippen LogP) is 2.07. The highest BCUT2D eigenvalue weighted by Gasteiger charge is 2.37. The van der Waals surface area contributed by atoms with E-state index in [9.17, 15) is 4.79 Å². The molecule has 2 aromatic rings. The average Bonchev–Trinajstić information content (AvgIpc) is 3.38. The van der Waals surface area contributed by atoms with E-state index in [0.29, 0.717) is 24.1 Å². The van der Waals surface area contributed by atoms with Crippen LogP contribution >= 0.6 is 0 Å². The number of carbonyl (C=O) groups is 1. The molecule has 1 aliphatic carbocycles. The maximum Gasteiger partial charge on any atom is 0.231 e. The quantitative estimate of drug-likeness (QED) is 0.817. The van der Waals surface area contributed by atoms with Crippen molar-refractivity contribution >= 4 is 5.91 Å². The highest BCUT2D eigenvalue weighted by molar-refractivity contribution is 5.76. The highest BCUT2D eigenvalue weighted by atomic mass is 16.5. The molecule has 1 fully saturated rings. The number of hydrogen-bond donors (Lipinski definition) is 2. The van der Waals surface area contributed by atoms with Gasteiger partial charge < -0.3 is 15.8 Å². The van der Waals surface area contributed by atoms with Gasteiger partial charge in [0.25, 0.3) is 0 Å². The second kappa shape index (κ2) is 7.16. The van der Waals surface area contributed by atoms with Gasteiger partial charge in [0, 0.05) is 12.0 Å². The zero-order chi connectivity index (χ0) is 16.9. The van der Waals surface area contributed by atoms with E-state index in [4.69, 9.17) is 15.7 Å². The molecular weight excluding hydrogens is 302 g/mol. The third-order valence-electron chi connectivity index (χ3n) is 4.10. The number of nitrogens with zero attached hydrogens (tertiary/aromatic N) is 1. The fourth-order valence-corrected chi connectivity index (χ4v) is 2.73. The topological polar surface area (TPSA) is 88.1 Å². The van der Waals surface area contributed by atoms with Gasteiger partial charge in [-0.1, -0.05) is 24.3 Å². The second-order valence-electron chi connectivity index (χ2n) is 5.97. The Morgan fingerprint density at radius 3 is 2.79 bits per heavy atom. The van der Waals surface area contributed by atoms with E-state index >= 15 is 0 Å². The molecule has 5 nitrogen and oxygen atoms in total. The lowest BCUT2D eigenvalue weighted by atomic mass is 10.1. The van der Waals surface area contributed by atoms with Crippen molar-refractivity contribution in [1.82, 2.24) is 5.32 Å². The number of rotatable bonds is 7. The SMILES string of the molecule is N#Cc1cccc(COc2ccc(C3C[C@@H]3NCC(N)=O)cc2)c1. The molecule has 1 unspecified atom stereocenters. The fourth-order valence-electron chi connectivity index (χ4n) is 2.73. The molecule has 5 heteroatoms. The molecule has 3 rings (SSSR count). The number of carbonyl (C=O) groups excluding carboxylic acids is 1. The molecule has 1 amide bonds. The van der Waals surface area contributed by atoms with Crippen LogP contribution in [-0.4, -0.2) is 18.5 Å². The summed E-state index contributed by atoms with van der Waals surface area (Å²) < 4.78 is 5.77. The van der Waals surface area contributed by atoms with Crippen molar-refractivity contribution in [3.8, 4) is 11.8 Å². The van der Waals surface area contributed by atoms with Gasteiger partial charge in [-0.05, 0) is 41.8 Å². The first-order valence-electron chi connectivity index (χ1n) is 7.89. The standard InChI is InChI=1S/C19H19N3O2/c20-10-13-2-1-3-14(8-13)12-24-16-6-4-15(5-7-16)17-9-18(17)22-11-19(21)23/h1-8,17-18,22H,9,11-12H2,(H2,21,23)/t17?,18-/m0/s1. The first kappa shape index (κ1) is 16.0. The van der Waals surface area contributed by atoms with Crippen LogP contribution in [0.3, 0.4) is 0 Å². The van der Waals surface area contributed by atoms with Crippen LogP contribution in [-0.2, 0) is 11.4 Å². The van der Waals surface area contributed by atoms with Gasteiger partial charge in [-0.15, -0.1) is 0 Å². The average molecular weight is 321 g/mol. The van der Waals surface area contributed by atoms with Crippen LogP contribution in [0, 0.1) is 11.3 Å². The summed E-state index contributed by atoms with van der Waals surface area (Å²) >= 11 is 0. The fraction of sp³-hybridized carbons (Fsp3) is 0.263. The first-order chi connectivity index (χ1) is 11.7. The lowest BCUT2D eigenvalue weighted by molar-refractivity contribution is -0.117. The number of primary amides is 1. The Kier molecular flexibility index (Phi) is 4.78. The molecule has 0 radical (unpaired) electrons. The smallest absolute Gasteiger partial charge is 0.231 e. The van der Waals surface area contributed by atoms with Crippen LogP contribution in [0.25, 0.3) is 0 Å². The van der Waals surface area contributed by atoms with Gasteiger partial charge in [0.1, 0.15) is 12.4 Å². The zero-order valence-electron chi connectivity index (χ0n) is 13.2. The number of nitrogens with two attached hydrogens (primary N) is 1. The minimum atomic E-state index is -0.329. The van der Waals surface area contributed by atoms with E-state index in [-0.39, 0.29) is 12.5 Å². The number of nitrogens with one attached hydrogen (secondary N) is 1. The molecule has 0 aromatic heterocycles. The van der Waals surface area contributed by atoms with Crippen molar-refractivity contribution in [2.75, 3.05) is 6.54 Å². The van der Waals surface area contributed by atoms with E-state index in [1.54, 1.807) is 6.07 Å². The largest absolute Gasteiger partial charge is 0.489 e. The Balaban J connectivity index is 1.52. The molecular formula is C19H19N3O2. The summed E-state index contributed by atoms with van der Waals surface area (Å²) in [6, 6.07) is 17.9. The summed E-state index contributed by atoms with van der Waals surface area (Å²) in [5.41, 5.74) is 7.97. The summed E-state index contributed by atoms with van der Waals surface area (Å²) in [5, 5.41) is 12.0. The molecule has 0 saturated heterocycles. The lowest BCUT2D eigenvalue weighted by Gasteiger charge is -2.08. The minimum Gasteiger partial charge on any atom is -0.489 e. The van der Waals surface area contributed by atoms with Crippen LogP contribution in [0.1, 0.15) is 29.0 Å². The van der Waals surface area contributed by atoms with Crippen LogP contribution < -0.4 is 15.8 Å². The van der Waals surface area contributed by atoms with Crippen molar-refractivity contribution in [2.45, 2.75) is 25.0 Å². The number of hydrogen-bond acceptors (Lipinski definition) is 4. The molecule has 122 valence electrons. The van der Waals surface area contributed by atoms with E-state index in [0.717, 1.165) is 17.7 Å². The summed E-state index contributed by atoms with van der Waals surface area (Å²) in [7, 11) is 0. The van der Waals surface area contributed by atoms with E-state index in [1.807, 2.05) is 30.3 Å². The van der Waals surface area contributed by atoms with E-state index in [1.165, 1.54) is 5.56 Å². The van der Waals surface area contributed by atoms with Crippen LogP contribution in [0.15, 0.2) is 48.5 Å². The Bertz CT molecular complexity index is 765. The summed E-state index contributed by atoms with van der Waals surface area (Å²) in [6.07, 6.45) is 1.02. The van der Waals surface area contributed by atoms with Gasteiger partial charge in [0.15, 0.2) is 0 Å². The third-order valence-corrected chi connectivity index (χ3v) is 4.10. The molecule has 3 N–H and O–H groups in total.